The van der Waals surface area contributed by atoms with Crippen LogP contribution in [0.25, 0.3) is 0 Å². The van der Waals surface area contributed by atoms with E-state index < -0.39 is 9.84 Å². The molecule has 0 aliphatic heterocycles. The van der Waals surface area contributed by atoms with E-state index in [-0.39, 0.29) is 16.6 Å². The summed E-state index contributed by atoms with van der Waals surface area (Å²) in [7, 11) is -3.17. The highest BCUT2D eigenvalue weighted by Crippen LogP contribution is 2.71. The van der Waals surface area contributed by atoms with Gasteiger partial charge in [-0.15, -0.1) is 0 Å². The van der Waals surface area contributed by atoms with Crippen molar-refractivity contribution in [3.05, 3.63) is 42.0 Å². The fourth-order valence-corrected chi connectivity index (χ4v) is 7.98. The Kier molecular flexibility index (Phi) is 2.26. The van der Waals surface area contributed by atoms with Crippen molar-refractivity contribution in [1.29, 1.82) is 0 Å². The first kappa shape index (κ1) is 12.5. The predicted octanol–water partition coefficient (Wildman–Crippen LogP) is 3.60. The molecule has 0 aromatic heterocycles. The van der Waals surface area contributed by atoms with E-state index in [9.17, 15) is 8.42 Å². The molecule has 3 saturated carbocycles. The zero-order chi connectivity index (χ0) is 14.2. The molecule has 1 aromatic carbocycles. The smallest absolute Gasteiger partial charge is 0.181 e. The maximum Gasteiger partial charge on any atom is 0.181 e. The van der Waals surface area contributed by atoms with Crippen LogP contribution in [0, 0.1) is 23.2 Å². The lowest BCUT2D eigenvalue weighted by atomic mass is 9.70. The Morgan fingerprint density at radius 3 is 2.67 bits per heavy atom. The second-order valence-corrected chi connectivity index (χ2v) is 9.62. The maximum absolute atomic E-state index is 13.0. The van der Waals surface area contributed by atoms with Crippen molar-refractivity contribution in [2.45, 2.75) is 42.2 Å². The van der Waals surface area contributed by atoms with E-state index in [1.807, 2.05) is 18.2 Å². The van der Waals surface area contributed by atoms with Crippen LogP contribution < -0.4 is 0 Å². The number of allylic oxidation sites excluding steroid dienone is 2. The topological polar surface area (TPSA) is 34.1 Å². The number of sulfone groups is 1. The second-order valence-electron chi connectivity index (χ2n) is 7.45. The van der Waals surface area contributed by atoms with Gasteiger partial charge in [-0.25, -0.2) is 8.42 Å². The SMILES string of the molecule is O=S(=O)(c1ccccc1)[C@H]1C[C@@]23C[C@H]1C=C2[C@H]1CC[C@H]3C1. The quantitative estimate of drug-likeness (QED) is 0.782. The molecule has 5 rings (SSSR count). The Labute approximate surface area is 126 Å². The van der Waals surface area contributed by atoms with E-state index >= 15 is 0 Å². The monoisotopic (exact) mass is 300 g/mol. The van der Waals surface area contributed by atoms with Crippen LogP contribution in [0.4, 0.5) is 0 Å². The van der Waals surface area contributed by atoms with E-state index in [0.717, 1.165) is 24.7 Å². The number of fused-ring (bicyclic) bond motifs is 4. The highest BCUT2D eigenvalue weighted by atomic mass is 32.2. The van der Waals surface area contributed by atoms with E-state index in [1.165, 1.54) is 19.3 Å². The number of rotatable bonds is 2. The lowest BCUT2D eigenvalue weighted by Gasteiger charge is -2.36. The summed E-state index contributed by atoms with van der Waals surface area (Å²) in [5.41, 5.74) is 1.93. The molecule has 1 spiro atoms. The summed E-state index contributed by atoms with van der Waals surface area (Å²) >= 11 is 0. The van der Waals surface area contributed by atoms with E-state index in [0.29, 0.717) is 4.90 Å². The molecular formula is C18H20O2S. The average Bonchev–Trinajstić information content (AvgIpc) is 3.24. The molecule has 21 heavy (non-hydrogen) atoms. The summed E-state index contributed by atoms with van der Waals surface area (Å²) in [6.07, 6.45) is 8.38. The molecule has 0 heterocycles. The molecule has 4 bridgehead atoms. The second kappa shape index (κ2) is 3.81. The zero-order valence-electron chi connectivity index (χ0n) is 12.0. The molecule has 0 unspecified atom stereocenters. The molecule has 2 nitrogen and oxygen atoms in total. The third kappa shape index (κ3) is 1.41. The van der Waals surface area contributed by atoms with E-state index in [1.54, 1.807) is 17.7 Å². The predicted molar refractivity (Wildman–Crippen MR) is 81.5 cm³/mol. The van der Waals surface area contributed by atoms with Crippen LogP contribution in [0.15, 0.2) is 46.9 Å². The molecule has 0 amide bonds. The summed E-state index contributed by atoms with van der Waals surface area (Å²) in [5.74, 6) is 1.84. The minimum absolute atomic E-state index is 0.178. The Bertz CT molecular complexity index is 734. The van der Waals surface area contributed by atoms with Gasteiger partial charge in [0, 0.05) is 0 Å². The van der Waals surface area contributed by atoms with Crippen LogP contribution in [0.5, 0.6) is 0 Å². The summed E-state index contributed by atoms with van der Waals surface area (Å²) in [6.45, 7) is 0. The van der Waals surface area contributed by atoms with Gasteiger partial charge >= 0.3 is 0 Å². The van der Waals surface area contributed by atoms with Crippen LogP contribution >= 0.6 is 0 Å². The maximum atomic E-state index is 13.0. The molecule has 1 aromatic rings. The lowest BCUT2D eigenvalue weighted by Crippen LogP contribution is -2.32. The number of hydrogen-bond acceptors (Lipinski definition) is 2. The lowest BCUT2D eigenvalue weighted by molar-refractivity contribution is 0.243. The Balaban J connectivity index is 1.56. The highest BCUT2D eigenvalue weighted by molar-refractivity contribution is 7.92. The van der Waals surface area contributed by atoms with Gasteiger partial charge in [-0.2, -0.15) is 0 Å². The van der Waals surface area contributed by atoms with Crippen LogP contribution in [0.3, 0.4) is 0 Å². The van der Waals surface area contributed by atoms with Crippen molar-refractivity contribution < 1.29 is 8.42 Å². The van der Waals surface area contributed by atoms with Crippen molar-refractivity contribution in [3.63, 3.8) is 0 Å². The first-order valence-electron chi connectivity index (χ1n) is 8.12. The summed E-state index contributed by atoms with van der Waals surface area (Å²) in [5, 5.41) is -0.178. The van der Waals surface area contributed by atoms with Gasteiger partial charge in [-0.3, -0.25) is 0 Å². The van der Waals surface area contributed by atoms with Crippen molar-refractivity contribution >= 4 is 9.84 Å². The molecule has 0 N–H and O–H groups in total. The van der Waals surface area contributed by atoms with Gasteiger partial charge in [0.25, 0.3) is 0 Å². The fraction of sp³-hybridized carbons (Fsp3) is 0.556. The summed E-state index contributed by atoms with van der Waals surface area (Å²) in [4.78, 5) is 0.511. The zero-order valence-corrected chi connectivity index (χ0v) is 12.9. The molecule has 4 aliphatic carbocycles. The van der Waals surface area contributed by atoms with Gasteiger partial charge in [-0.05, 0) is 67.4 Å². The molecule has 5 atom stereocenters. The van der Waals surface area contributed by atoms with Crippen LogP contribution in [-0.4, -0.2) is 13.7 Å². The Morgan fingerprint density at radius 1 is 1.05 bits per heavy atom. The fourth-order valence-electron chi connectivity index (χ4n) is 5.95. The first-order chi connectivity index (χ1) is 10.1. The third-order valence-corrected chi connectivity index (χ3v) is 8.98. The number of benzene rings is 1. The highest BCUT2D eigenvalue weighted by Gasteiger charge is 2.64. The molecule has 3 heteroatoms. The van der Waals surface area contributed by atoms with Crippen molar-refractivity contribution in [1.82, 2.24) is 0 Å². The molecule has 0 saturated heterocycles. The molecule has 4 aliphatic rings. The van der Waals surface area contributed by atoms with Gasteiger partial charge < -0.3 is 0 Å². The minimum Gasteiger partial charge on any atom is -0.223 e. The standard InChI is InChI=1S/C18H20O2S/c19-21(20,15-4-2-1-3-5-15)17-11-18-10-13(17)9-16(18)12-6-7-14(18)8-12/h1-5,9,12-14,17H,6-8,10-11H2/t12-,13+,14-,17-,18+/m0/s1. The molecular weight excluding hydrogens is 280 g/mol. The summed E-state index contributed by atoms with van der Waals surface area (Å²) < 4.78 is 26.0. The molecule has 0 radical (unpaired) electrons. The van der Waals surface area contributed by atoms with Crippen molar-refractivity contribution in [2.75, 3.05) is 0 Å². The van der Waals surface area contributed by atoms with Crippen molar-refractivity contribution in [2.24, 2.45) is 23.2 Å². The van der Waals surface area contributed by atoms with Gasteiger partial charge in [-0.1, -0.05) is 29.8 Å². The van der Waals surface area contributed by atoms with Gasteiger partial charge in [0.2, 0.25) is 0 Å². The normalized spacial score (nSPS) is 43.1. The third-order valence-electron chi connectivity index (χ3n) is 6.74. The van der Waals surface area contributed by atoms with Crippen LogP contribution in [-0.2, 0) is 9.84 Å². The molecule has 110 valence electrons. The molecule has 3 fully saturated rings. The first-order valence-corrected chi connectivity index (χ1v) is 9.67. The van der Waals surface area contributed by atoms with Gasteiger partial charge in [0.05, 0.1) is 10.1 Å². The van der Waals surface area contributed by atoms with E-state index in [4.69, 9.17) is 0 Å². The number of hydrogen-bond donors (Lipinski definition) is 0. The van der Waals surface area contributed by atoms with Gasteiger partial charge in [0.15, 0.2) is 9.84 Å². The Hall–Kier alpha value is -1.09. The Morgan fingerprint density at radius 2 is 1.86 bits per heavy atom. The van der Waals surface area contributed by atoms with E-state index in [2.05, 4.69) is 6.08 Å². The van der Waals surface area contributed by atoms with Crippen LogP contribution in [0.2, 0.25) is 0 Å². The minimum atomic E-state index is -3.17. The summed E-state index contributed by atoms with van der Waals surface area (Å²) in [6, 6.07) is 9.05. The largest absolute Gasteiger partial charge is 0.223 e. The average molecular weight is 300 g/mol. The van der Waals surface area contributed by atoms with Gasteiger partial charge in [0.1, 0.15) is 0 Å². The van der Waals surface area contributed by atoms with Crippen molar-refractivity contribution in [3.8, 4) is 0 Å². The van der Waals surface area contributed by atoms with Crippen LogP contribution in [0.1, 0.15) is 32.1 Å².